The van der Waals surface area contributed by atoms with Crippen molar-refractivity contribution in [1.29, 1.82) is 0 Å². The first kappa shape index (κ1) is 36.3. The lowest BCUT2D eigenvalue weighted by Gasteiger charge is -2.28. The lowest BCUT2D eigenvalue weighted by atomic mass is 9.78. The Kier molecular flexibility index (Phi) is 10.2. The van der Waals surface area contributed by atoms with Gasteiger partial charge < -0.3 is 19.1 Å². The normalized spacial score (nSPS) is 18.4. The summed E-state index contributed by atoms with van der Waals surface area (Å²) >= 11 is 0. The number of nitrogens with zero attached hydrogens (tertiary/aromatic N) is 4. The molecule has 0 saturated carbocycles. The predicted octanol–water partition coefficient (Wildman–Crippen LogP) is 5.84. The van der Waals surface area contributed by atoms with Crippen LogP contribution in [0.25, 0.3) is 5.76 Å². The summed E-state index contributed by atoms with van der Waals surface area (Å²) in [5, 5.41) is 2.24. The molecule has 2 saturated heterocycles. The van der Waals surface area contributed by atoms with E-state index in [0.29, 0.717) is 24.8 Å². The molecule has 0 bridgehead atoms. The molecule has 3 aliphatic rings. The molecule has 1 N–H and O–H groups in total. The zero-order chi connectivity index (χ0) is 38.0. The van der Waals surface area contributed by atoms with Gasteiger partial charge in [0.15, 0.2) is 11.6 Å². The average Bonchev–Trinajstić information content (AvgIpc) is 3.75. The first-order valence-corrected chi connectivity index (χ1v) is 18.3. The monoisotopic (exact) mass is 729 g/mol. The highest BCUT2D eigenvalue weighted by Gasteiger charge is 2.45. The van der Waals surface area contributed by atoms with Gasteiger partial charge in [-0.25, -0.2) is 9.97 Å². The van der Waals surface area contributed by atoms with Crippen molar-refractivity contribution >= 4 is 35.1 Å². The topological polar surface area (TPSA) is 140 Å². The summed E-state index contributed by atoms with van der Waals surface area (Å²) in [6.07, 6.45) is 3.75. The van der Waals surface area contributed by atoms with Crippen LogP contribution in [-0.4, -0.2) is 70.3 Å². The summed E-state index contributed by atoms with van der Waals surface area (Å²) in [5.41, 5.74) is 4.09. The molecule has 0 radical (unpaired) electrons. The number of nitrogens with one attached hydrogen (secondary N) is 1. The highest BCUT2D eigenvalue weighted by Crippen LogP contribution is 2.35. The molecule has 4 amide bonds. The minimum atomic E-state index is -0.993. The van der Waals surface area contributed by atoms with E-state index in [-0.39, 0.29) is 42.0 Å². The van der Waals surface area contributed by atoms with Crippen molar-refractivity contribution in [2.45, 2.75) is 70.6 Å². The van der Waals surface area contributed by atoms with Crippen LogP contribution in [0.1, 0.15) is 89.8 Å². The quantitative estimate of drug-likeness (QED) is 0.132. The number of rotatable bonds is 13. The van der Waals surface area contributed by atoms with Crippen molar-refractivity contribution in [2.75, 3.05) is 24.7 Å². The Bertz CT molecular complexity index is 2100. The molecule has 2 fully saturated rings. The second kappa shape index (κ2) is 15.1. The van der Waals surface area contributed by atoms with Crippen molar-refractivity contribution in [2.24, 2.45) is 0 Å². The van der Waals surface area contributed by atoms with E-state index in [4.69, 9.17) is 14.2 Å². The SMILES string of the molecule is C=C(OCC)c1nccc(COc2ccc(C(C)(C)c3ccc(OC[C@H]4CCCN4c4ccc5c(c4)C(=O)N(C4CCC(=O)NC4=O)C5=O)cc3)cc2)n1. The Morgan fingerprint density at radius 1 is 0.889 bits per heavy atom. The third-order valence-corrected chi connectivity index (χ3v) is 10.4. The first-order valence-electron chi connectivity index (χ1n) is 18.3. The summed E-state index contributed by atoms with van der Waals surface area (Å²) in [7, 11) is 0. The van der Waals surface area contributed by atoms with Crippen LogP contribution in [0.4, 0.5) is 5.69 Å². The molecule has 54 heavy (non-hydrogen) atoms. The number of piperidine rings is 1. The number of fused-ring (bicyclic) bond motifs is 1. The highest BCUT2D eigenvalue weighted by molar-refractivity contribution is 6.23. The fourth-order valence-corrected chi connectivity index (χ4v) is 7.29. The number of benzene rings is 3. The van der Waals surface area contributed by atoms with Gasteiger partial charge in [0.2, 0.25) is 11.8 Å². The van der Waals surface area contributed by atoms with Crippen molar-refractivity contribution < 1.29 is 33.4 Å². The summed E-state index contributed by atoms with van der Waals surface area (Å²) < 4.78 is 17.7. The van der Waals surface area contributed by atoms with Gasteiger partial charge in [-0.2, -0.15) is 0 Å². The van der Waals surface area contributed by atoms with Crippen molar-refractivity contribution in [3.05, 3.63) is 119 Å². The summed E-state index contributed by atoms with van der Waals surface area (Å²) in [6.45, 7) is 12.2. The van der Waals surface area contributed by atoms with Gasteiger partial charge in [0.05, 0.1) is 29.5 Å². The lowest BCUT2D eigenvalue weighted by Crippen LogP contribution is -2.54. The number of carbonyl (C=O) groups is 4. The predicted molar refractivity (Wildman–Crippen MR) is 201 cm³/mol. The minimum Gasteiger partial charge on any atom is -0.491 e. The zero-order valence-electron chi connectivity index (χ0n) is 30.7. The first-order chi connectivity index (χ1) is 26.0. The molecule has 2 atom stereocenters. The number of amides is 4. The Labute approximate surface area is 314 Å². The highest BCUT2D eigenvalue weighted by atomic mass is 16.5. The van der Waals surface area contributed by atoms with Gasteiger partial charge in [0, 0.05) is 30.3 Å². The largest absolute Gasteiger partial charge is 0.491 e. The second-order valence-corrected chi connectivity index (χ2v) is 14.2. The molecule has 278 valence electrons. The van der Waals surface area contributed by atoms with Crippen LogP contribution in [0.3, 0.4) is 0 Å². The molecule has 0 aliphatic carbocycles. The molecule has 3 aromatic carbocycles. The van der Waals surface area contributed by atoms with Crippen LogP contribution in [0, 0.1) is 0 Å². The van der Waals surface area contributed by atoms with Crippen LogP contribution >= 0.6 is 0 Å². The van der Waals surface area contributed by atoms with Gasteiger partial charge in [0.25, 0.3) is 11.8 Å². The number of ether oxygens (including phenoxy) is 3. The zero-order valence-corrected chi connectivity index (χ0v) is 30.7. The van der Waals surface area contributed by atoms with Gasteiger partial charge in [-0.3, -0.25) is 29.4 Å². The molecule has 1 aromatic heterocycles. The van der Waals surface area contributed by atoms with Crippen LogP contribution < -0.4 is 19.7 Å². The molecule has 12 heteroatoms. The van der Waals surface area contributed by atoms with E-state index in [1.165, 1.54) is 0 Å². The van der Waals surface area contributed by atoms with Crippen LogP contribution in [0.15, 0.2) is 85.6 Å². The number of aromatic nitrogens is 2. The van der Waals surface area contributed by atoms with Crippen LogP contribution in [0.5, 0.6) is 11.5 Å². The summed E-state index contributed by atoms with van der Waals surface area (Å²) in [5.74, 6) is 0.333. The van der Waals surface area contributed by atoms with Gasteiger partial charge in [-0.15, -0.1) is 0 Å². The standard InChI is InChI=1S/C42H43N5O7/c1-5-52-26(2)38-43-21-20-29(44-38)24-53-32-13-8-27(9-14-32)42(3,4)28-10-15-33(16-11-28)54-25-31-7-6-22-46(31)30-12-17-34-35(23-30)41(51)47(40(34)50)36-18-19-37(48)45-39(36)49/h8-17,20-21,23,31,36H,2,5-7,18-19,22,24-25H2,1,3-4H3,(H,45,48,49)/t31-,36?/m1/s1. The molecular formula is C42H43N5O7. The molecule has 4 aromatic rings. The summed E-state index contributed by atoms with van der Waals surface area (Å²) in [4.78, 5) is 62.6. The number of anilines is 1. The van der Waals surface area contributed by atoms with Crippen molar-refractivity contribution in [1.82, 2.24) is 20.2 Å². The second-order valence-electron chi connectivity index (χ2n) is 14.2. The Balaban J connectivity index is 0.950. The maximum absolute atomic E-state index is 13.4. The van der Waals surface area contributed by atoms with Crippen molar-refractivity contribution in [3.8, 4) is 11.5 Å². The number of hydrogen-bond donors (Lipinski definition) is 1. The molecule has 1 unspecified atom stereocenters. The molecule has 12 nitrogen and oxygen atoms in total. The van der Waals surface area contributed by atoms with E-state index in [9.17, 15) is 19.2 Å². The van der Waals surface area contributed by atoms with Gasteiger partial charge >= 0.3 is 0 Å². The Hall–Kier alpha value is -6.04. The average molecular weight is 730 g/mol. The number of imide groups is 2. The minimum absolute atomic E-state index is 0.0734. The lowest BCUT2D eigenvalue weighted by molar-refractivity contribution is -0.136. The third kappa shape index (κ3) is 7.28. The van der Waals surface area contributed by atoms with E-state index in [1.54, 1.807) is 24.4 Å². The fourth-order valence-electron chi connectivity index (χ4n) is 7.29. The summed E-state index contributed by atoms with van der Waals surface area (Å²) in [6, 6.07) is 22.4. The number of carbonyl (C=O) groups excluding carboxylic acids is 4. The van der Waals surface area contributed by atoms with Gasteiger partial charge in [-0.1, -0.05) is 44.7 Å². The van der Waals surface area contributed by atoms with E-state index in [0.717, 1.165) is 58.3 Å². The van der Waals surface area contributed by atoms with E-state index in [1.807, 2.05) is 37.3 Å². The maximum Gasteiger partial charge on any atom is 0.262 e. The Morgan fingerprint density at radius 3 is 2.26 bits per heavy atom. The van der Waals surface area contributed by atoms with Gasteiger partial charge in [-0.05, 0) is 85.8 Å². The van der Waals surface area contributed by atoms with Gasteiger partial charge in [0.1, 0.15) is 30.8 Å². The van der Waals surface area contributed by atoms with Crippen LogP contribution in [0.2, 0.25) is 0 Å². The molecule has 7 rings (SSSR count). The molecule has 3 aliphatic heterocycles. The van der Waals surface area contributed by atoms with E-state index >= 15 is 0 Å². The van der Waals surface area contributed by atoms with E-state index < -0.39 is 29.7 Å². The van der Waals surface area contributed by atoms with E-state index in [2.05, 4.69) is 64.9 Å². The Morgan fingerprint density at radius 2 is 1.57 bits per heavy atom. The molecule has 0 spiro atoms. The molecular weight excluding hydrogens is 686 g/mol. The number of hydrogen-bond acceptors (Lipinski definition) is 10. The smallest absolute Gasteiger partial charge is 0.262 e. The third-order valence-electron chi connectivity index (χ3n) is 10.4. The fraction of sp³-hybridized carbons (Fsp3) is 0.333. The van der Waals surface area contributed by atoms with Crippen LogP contribution in [-0.2, 0) is 26.3 Å². The maximum atomic E-state index is 13.4. The molecule has 4 heterocycles. The van der Waals surface area contributed by atoms with Crippen molar-refractivity contribution in [3.63, 3.8) is 0 Å².